The fourth-order valence-electron chi connectivity index (χ4n) is 4.10. The van der Waals surface area contributed by atoms with Crippen LogP contribution in [0.4, 0.5) is 0 Å². The van der Waals surface area contributed by atoms with Gasteiger partial charge in [-0.25, -0.2) is 13.1 Å². The summed E-state index contributed by atoms with van der Waals surface area (Å²) in [6.07, 6.45) is 4.10. The van der Waals surface area contributed by atoms with Crippen molar-refractivity contribution in [3.05, 3.63) is 53.6 Å². The van der Waals surface area contributed by atoms with E-state index in [0.717, 1.165) is 37.0 Å². The monoisotopic (exact) mass is 488 g/mol. The number of hydrogen-bond donors (Lipinski definition) is 1. The SMILES string of the molecule is COc1ccc(S(=O)(=O)NCCOc2ccccc2C(C)(C)C)cc1C(=O)N1CCCCCC1. The third-order valence-electron chi connectivity index (χ3n) is 5.95. The zero-order chi connectivity index (χ0) is 24.8. The summed E-state index contributed by atoms with van der Waals surface area (Å²) in [5.74, 6) is 0.914. The molecule has 0 radical (unpaired) electrons. The molecule has 3 rings (SSSR count). The van der Waals surface area contributed by atoms with Gasteiger partial charge in [0.25, 0.3) is 5.91 Å². The first-order chi connectivity index (χ1) is 16.1. The van der Waals surface area contributed by atoms with Gasteiger partial charge < -0.3 is 14.4 Å². The van der Waals surface area contributed by atoms with Gasteiger partial charge in [0.2, 0.25) is 10.0 Å². The Morgan fingerprint density at radius 2 is 1.68 bits per heavy atom. The molecule has 0 atom stereocenters. The number of benzene rings is 2. The maximum Gasteiger partial charge on any atom is 0.257 e. The molecule has 186 valence electrons. The number of amides is 1. The van der Waals surface area contributed by atoms with Crippen LogP contribution in [0.5, 0.6) is 11.5 Å². The van der Waals surface area contributed by atoms with Gasteiger partial charge >= 0.3 is 0 Å². The number of ether oxygens (including phenoxy) is 2. The normalized spacial score (nSPS) is 15.0. The number of carbonyl (C=O) groups excluding carboxylic acids is 1. The van der Waals surface area contributed by atoms with Crippen molar-refractivity contribution in [1.82, 2.24) is 9.62 Å². The molecule has 1 saturated heterocycles. The van der Waals surface area contributed by atoms with E-state index in [4.69, 9.17) is 9.47 Å². The first-order valence-electron chi connectivity index (χ1n) is 11.8. The number of rotatable bonds is 8. The highest BCUT2D eigenvalue weighted by molar-refractivity contribution is 7.89. The number of para-hydroxylation sites is 1. The van der Waals surface area contributed by atoms with Gasteiger partial charge in [0.05, 0.1) is 17.6 Å². The highest BCUT2D eigenvalue weighted by atomic mass is 32.2. The summed E-state index contributed by atoms with van der Waals surface area (Å²) in [5.41, 5.74) is 1.24. The lowest BCUT2D eigenvalue weighted by Gasteiger charge is -2.23. The molecule has 1 fully saturated rings. The molecule has 8 heteroatoms. The Morgan fingerprint density at radius 1 is 1.00 bits per heavy atom. The summed E-state index contributed by atoms with van der Waals surface area (Å²) in [5, 5.41) is 0. The van der Waals surface area contributed by atoms with Gasteiger partial charge in [0.1, 0.15) is 18.1 Å². The van der Waals surface area contributed by atoms with Crippen molar-refractivity contribution < 1.29 is 22.7 Å². The summed E-state index contributed by atoms with van der Waals surface area (Å²) < 4.78 is 39.7. The topological polar surface area (TPSA) is 84.9 Å². The average molecular weight is 489 g/mol. The van der Waals surface area contributed by atoms with E-state index in [-0.39, 0.29) is 34.9 Å². The molecule has 0 spiro atoms. The summed E-state index contributed by atoms with van der Waals surface area (Å²) >= 11 is 0. The lowest BCUT2D eigenvalue weighted by atomic mass is 9.86. The summed E-state index contributed by atoms with van der Waals surface area (Å²) in [7, 11) is -2.35. The first kappa shape index (κ1) is 26.0. The van der Waals surface area contributed by atoms with Crippen LogP contribution in [-0.2, 0) is 15.4 Å². The van der Waals surface area contributed by atoms with Gasteiger partial charge in [0, 0.05) is 19.6 Å². The van der Waals surface area contributed by atoms with Crippen LogP contribution in [-0.4, -0.2) is 52.6 Å². The maximum absolute atomic E-state index is 13.2. The Bertz CT molecular complexity index is 1080. The van der Waals surface area contributed by atoms with Crippen LogP contribution in [0.2, 0.25) is 0 Å². The third kappa shape index (κ3) is 6.51. The molecular formula is C26H36N2O5S. The van der Waals surface area contributed by atoms with Crippen molar-refractivity contribution in [3.63, 3.8) is 0 Å². The molecule has 34 heavy (non-hydrogen) atoms. The number of carbonyl (C=O) groups is 1. The molecule has 1 aliphatic rings. The van der Waals surface area contributed by atoms with E-state index in [2.05, 4.69) is 25.5 Å². The number of nitrogens with zero attached hydrogens (tertiary/aromatic N) is 1. The van der Waals surface area contributed by atoms with E-state index in [0.29, 0.717) is 18.8 Å². The Kier molecular flexibility index (Phi) is 8.60. The van der Waals surface area contributed by atoms with E-state index >= 15 is 0 Å². The maximum atomic E-state index is 13.2. The highest BCUT2D eigenvalue weighted by Crippen LogP contribution is 2.31. The molecule has 0 aliphatic carbocycles. The van der Waals surface area contributed by atoms with Crippen LogP contribution in [0.3, 0.4) is 0 Å². The van der Waals surface area contributed by atoms with Crippen LogP contribution < -0.4 is 14.2 Å². The molecule has 1 N–H and O–H groups in total. The van der Waals surface area contributed by atoms with Crippen LogP contribution in [0.25, 0.3) is 0 Å². The Hall–Kier alpha value is -2.58. The minimum Gasteiger partial charge on any atom is -0.496 e. The second kappa shape index (κ2) is 11.2. The van der Waals surface area contributed by atoms with Gasteiger partial charge in [-0.3, -0.25) is 4.79 Å². The Labute approximate surface area is 203 Å². The van der Waals surface area contributed by atoms with Crippen molar-refractivity contribution in [2.24, 2.45) is 0 Å². The molecule has 0 bridgehead atoms. The summed E-state index contributed by atoms with van der Waals surface area (Å²) in [4.78, 5) is 15.0. The smallest absolute Gasteiger partial charge is 0.257 e. The average Bonchev–Trinajstić information content (AvgIpc) is 3.10. The second-order valence-corrected chi connectivity index (χ2v) is 11.3. The second-order valence-electron chi connectivity index (χ2n) is 9.56. The minimum atomic E-state index is -3.83. The van der Waals surface area contributed by atoms with Crippen molar-refractivity contribution in [2.75, 3.05) is 33.4 Å². The molecule has 1 amide bonds. The third-order valence-corrected chi connectivity index (χ3v) is 7.41. The lowest BCUT2D eigenvalue weighted by Crippen LogP contribution is -2.32. The van der Waals surface area contributed by atoms with Crippen molar-refractivity contribution in [2.45, 2.75) is 56.8 Å². The van der Waals surface area contributed by atoms with E-state index in [1.807, 2.05) is 24.3 Å². The summed E-state index contributed by atoms with van der Waals surface area (Å²) in [6, 6.07) is 12.2. The van der Waals surface area contributed by atoms with E-state index in [1.54, 1.807) is 4.90 Å². The van der Waals surface area contributed by atoms with Gasteiger partial charge in [0.15, 0.2) is 0 Å². The zero-order valence-electron chi connectivity index (χ0n) is 20.6. The van der Waals surface area contributed by atoms with E-state index in [1.165, 1.54) is 25.3 Å². The number of sulfonamides is 1. The molecule has 2 aromatic carbocycles. The molecule has 0 aromatic heterocycles. The van der Waals surface area contributed by atoms with Gasteiger partial charge in [-0.15, -0.1) is 0 Å². The number of nitrogens with one attached hydrogen (secondary N) is 1. The van der Waals surface area contributed by atoms with Crippen molar-refractivity contribution in [3.8, 4) is 11.5 Å². The van der Waals surface area contributed by atoms with Crippen molar-refractivity contribution in [1.29, 1.82) is 0 Å². The quantitative estimate of drug-likeness (QED) is 0.558. The largest absolute Gasteiger partial charge is 0.496 e. The predicted octanol–water partition coefficient (Wildman–Crippen LogP) is 4.37. The molecule has 7 nitrogen and oxygen atoms in total. The summed E-state index contributed by atoms with van der Waals surface area (Å²) in [6.45, 7) is 7.93. The highest BCUT2D eigenvalue weighted by Gasteiger charge is 2.24. The Balaban J connectivity index is 1.69. The van der Waals surface area contributed by atoms with Gasteiger partial charge in [-0.1, -0.05) is 51.8 Å². The Morgan fingerprint density at radius 3 is 2.32 bits per heavy atom. The molecule has 1 aliphatic heterocycles. The molecule has 1 heterocycles. The number of hydrogen-bond acceptors (Lipinski definition) is 5. The number of methoxy groups -OCH3 is 1. The van der Waals surface area contributed by atoms with Crippen LogP contribution in [0, 0.1) is 0 Å². The molecule has 0 unspecified atom stereocenters. The fraction of sp³-hybridized carbons (Fsp3) is 0.500. The zero-order valence-corrected chi connectivity index (χ0v) is 21.4. The van der Waals surface area contributed by atoms with Crippen LogP contribution in [0.1, 0.15) is 62.4 Å². The van der Waals surface area contributed by atoms with Crippen molar-refractivity contribution >= 4 is 15.9 Å². The van der Waals surface area contributed by atoms with Gasteiger partial charge in [-0.2, -0.15) is 0 Å². The van der Waals surface area contributed by atoms with Gasteiger partial charge in [-0.05, 0) is 48.1 Å². The standard InChI is InChI=1S/C26H36N2O5S/c1-26(2,3)22-11-7-8-12-24(22)33-18-15-27-34(30,31)20-13-14-23(32-4)21(19-20)25(29)28-16-9-5-6-10-17-28/h7-8,11-14,19,27H,5-6,9-10,15-18H2,1-4H3. The number of likely N-dealkylation sites (tertiary alicyclic amines) is 1. The molecule has 2 aromatic rings. The first-order valence-corrected chi connectivity index (χ1v) is 13.3. The van der Waals surface area contributed by atoms with Crippen LogP contribution >= 0.6 is 0 Å². The van der Waals surface area contributed by atoms with Crippen LogP contribution in [0.15, 0.2) is 47.4 Å². The molecular weight excluding hydrogens is 452 g/mol. The van der Waals surface area contributed by atoms with E-state index in [9.17, 15) is 13.2 Å². The minimum absolute atomic E-state index is 0.0292. The van der Waals surface area contributed by atoms with E-state index < -0.39 is 10.0 Å². The molecule has 0 saturated carbocycles. The predicted molar refractivity (Wildman–Crippen MR) is 133 cm³/mol. The lowest BCUT2D eigenvalue weighted by molar-refractivity contribution is 0.0758. The fourth-order valence-corrected chi connectivity index (χ4v) is 5.14.